The van der Waals surface area contributed by atoms with E-state index in [1.807, 2.05) is 42.5 Å². The van der Waals surface area contributed by atoms with Crippen molar-refractivity contribution in [3.63, 3.8) is 0 Å². The van der Waals surface area contributed by atoms with Crippen molar-refractivity contribution >= 4 is 27.5 Å². The number of hydrogen-bond acceptors (Lipinski definition) is 6. The maximum absolute atomic E-state index is 14.5. The second-order valence-corrected chi connectivity index (χ2v) is 13.2. The number of nitrogens with zero attached hydrogens (tertiary/aromatic N) is 1. The fourth-order valence-electron chi connectivity index (χ4n) is 5.83. The monoisotopic (exact) mass is 527 g/mol. The molecule has 9 heteroatoms. The summed E-state index contributed by atoms with van der Waals surface area (Å²) in [4.78, 5) is 27.5. The van der Waals surface area contributed by atoms with Gasteiger partial charge in [0.15, 0.2) is 5.69 Å². The number of nitrogens with two attached hydrogens (primary N) is 1. The van der Waals surface area contributed by atoms with E-state index in [2.05, 4.69) is 10.6 Å². The van der Waals surface area contributed by atoms with Crippen LogP contribution in [0.1, 0.15) is 50.7 Å². The number of quaternary nitrogens is 1. The summed E-state index contributed by atoms with van der Waals surface area (Å²) in [5.74, 6) is -1.00. The third kappa shape index (κ3) is 5.23. The molecule has 0 saturated carbocycles. The highest BCUT2D eigenvalue weighted by Crippen LogP contribution is 2.51. The van der Waals surface area contributed by atoms with Crippen molar-refractivity contribution in [2.45, 2.75) is 62.9 Å². The summed E-state index contributed by atoms with van der Waals surface area (Å²) in [5.41, 5.74) is 6.96. The summed E-state index contributed by atoms with van der Waals surface area (Å²) in [6, 6.07) is 16.3. The Morgan fingerprint density at radius 3 is 2.32 bits per heavy atom. The molecule has 1 saturated heterocycles. The number of rotatable bonds is 8. The molecule has 200 valence electrons. The van der Waals surface area contributed by atoms with Crippen LogP contribution in [0, 0.1) is 0 Å². The number of carbonyl (C=O) groups excluding carboxylic acids is 2. The third-order valence-electron chi connectivity index (χ3n) is 7.86. The first kappa shape index (κ1) is 27.4. The number of para-hydroxylation sites is 1. The molecule has 0 aliphatic carbocycles. The summed E-state index contributed by atoms with van der Waals surface area (Å²) < 4.78 is 26.5. The fourth-order valence-corrected chi connectivity index (χ4v) is 7.28. The number of piperidine rings is 1. The molecular formula is C28H39N4O4S+. The van der Waals surface area contributed by atoms with Crippen LogP contribution in [0.2, 0.25) is 0 Å². The molecule has 2 aliphatic rings. The van der Waals surface area contributed by atoms with Gasteiger partial charge in [-0.05, 0) is 64.6 Å². The van der Waals surface area contributed by atoms with Crippen molar-refractivity contribution < 1.29 is 18.0 Å². The van der Waals surface area contributed by atoms with Crippen LogP contribution < -0.4 is 20.3 Å². The first-order valence-corrected chi connectivity index (χ1v) is 14.8. The van der Waals surface area contributed by atoms with Crippen LogP contribution in [0.3, 0.4) is 0 Å². The standard InChI is InChI=1S/C28H38N4O4S/c1-27(2,29)26(34)31-23(14-9-12-21-10-5-4-6-11-21)25(33)32(37(3,35)36)20-28(16-18-30-19-17-28)22-13-7-8-15-24(22)32/h4-8,10-11,13,15,23,30H,9,12,14,16-20,29H2,1-3H3/p+1/t23-,32?/m1/s1. The van der Waals surface area contributed by atoms with Crippen molar-refractivity contribution in [2.24, 2.45) is 5.73 Å². The van der Waals surface area contributed by atoms with E-state index in [1.165, 1.54) is 0 Å². The van der Waals surface area contributed by atoms with Crippen LogP contribution in [-0.4, -0.2) is 57.7 Å². The van der Waals surface area contributed by atoms with E-state index >= 15 is 0 Å². The van der Waals surface area contributed by atoms with E-state index in [0.717, 1.165) is 43.3 Å². The van der Waals surface area contributed by atoms with Gasteiger partial charge < -0.3 is 16.4 Å². The van der Waals surface area contributed by atoms with Crippen LogP contribution in [0.25, 0.3) is 0 Å². The largest absolute Gasteiger partial charge is 0.356 e. The van der Waals surface area contributed by atoms with Gasteiger partial charge in [-0.3, -0.25) is 4.79 Å². The molecule has 2 aliphatic heterocycles. The smallest absolute Gasteiger partial charge is 0.339 e. The molecule has 2 amide bonds. The molecule has 0 radical (unpaired) electrons. The second kappa shape index (κ2) is 10.3. The molecular weight excluding hydrogens is 488 g/mol. The number of amides is 2. The molecule has 1 spiro atoms. The molecule has 1 unspecified atom stereocenters. The van der Waals surface area contributed by atoms with Crippen molar-refractivity contribution in [3.8, 4) is 0 Å². The summed E-state index contributed by atoms with van der Waals surface area (Å²) in [5, 5.41) is 6.19. The average Bonchev–Trinajstić information content (AvgIpc) is 3.14. The maximum atomic E-state index is 14.5. The van der Waals surface area contributed by atoms with E-state index < -0.39 is 42.7 Å². The highest BCUT2D eigenvalue weighted by molar-refractivity contribution is 7.90. The number of fused-ring (bicyclic) bond motifs is 2. The highest BCUT2D eigenvalue weighted by atomic mass is 32.2. The number of nitrogens with one attached hydrogen (secondary N) is 2. The zero-order valence-electron chi connectivity index (χ0n) is 22.0. The summed E-state index contributed by atoms with van der Waals surface area (Å²) in [7, 11) is -3.96. The van der Waals surface area contributed by atoms with Crippen molar-refractivity contribution in [3.05, 3.63) is 65.7 Å². The van der Waals surface area contributed by atoms with Gasteiger partial charge in [0, 0.05) is 11.6 Å². The Hall–Kier alpha value is -2.59. The number of carbonyl (C=O) groups is 2. The summed E-state index contributed by atoms with van der Waals surface area (Å²) >= 11 is 0. The third-order valence-corrected chi connectivity index (χ3v) is 9.50. The number of sulfonamides is 1. The first-order valence-electron chi connectivity index (χ1n) is 13.0. The van der Waals surface area contributed by atoms with E-state index in [1.54, 1.807) is 26.0 Å². The van der Waals surface area contributed by atoms with Gasteiger partial charge >= 0.3 is 15.9 Å². The topological polar surface area (TPSA) is 118 Å². The lowest BCUT2D eigenvalue weighted by Crippen LogP contribution is -2.66. The van der Waals surface area contributed by atoms with Gasteiger partial charge in [-0.1, -0.05) is 48.5 Å². The zero-order chi connectivity index (χ0) is 26.9. The Labute approximate surface area is 220 Å². The Kier molecular flexibility index (Phi) is 7.63. The SMILES string of the molecule is CC(C)(N)C(=O)N[C@H](CCCc1ccccc1)C(=O)[N+]1(S(C)(=O)=O)CC2(CCNCC2)c2ccccc21. The van der Waals surface area contributed by atoms with E-state index in [4.69, 9.17) is 5.73 Å². The second-order valence-electron chi connectivity index (χ2n) is 11.1. The van der Waals surface area contributed by atoms with Crippen molar-refractivity contribution in [1.82, 2.24) is 14.5 Å². The minimum absolute atomic E-state index is 0.142. The molecule has 0 bridgehead atoms. The molecule has 2 aromatic rings. The van der Waals surface area contributed by atoms with Gasteiger partial charge in [0.05, 0.1) is 17.2 Å². The molecule has 2 heterocycles. The molecule has 2 aromatic carbocycles. The molecule has 2 atom stereocenters. The first-order chi connectivity index (χ1) is 17.4. The summed E-state index contributed by atoms with van der Waals surface area (Å²) in [6.45, 7) is 4.80. The van der Waals surface area contributed by atoms with Gasteiger partial charge in [0.25, 0.3) is 0 Å². The van der Waals surface area contributed by atoms with E-state index in [0.29, 0.717) is 24.9 Å². The Bertz CT molecular complexity index is 1250. The van der Waals surface area contributed by atoms with Crippen LogP contribution in [0.15, 0.2) is 54.6 Å². The van der Waals surface area contributed by atoms with Crippen LogP contribution >= 0.6 is 0 Å². The van der Waals surface area contributed by atoms with E-state index in [-0.39, 0.29) is 6.54 Å². The molecule has 0 aromatic heterocycles. The number of hydrogen-bond donors (Lipinski definition) is 3. The van der Waals surface area contributed by atoms with Crippen LogP contribution in [-0.2, 0) is 31.4 Å². The Morgan fingerprint density at radius 2 is 1.70 bits per heavy atom. The molecule has 37 heavy (non-hydrogen) atoms. The fraction of sp³-hybridized carbons (Fsp3) is 0.500. The molecule has 1 fully saturated rings. The quantitative estimate of drug-likeness (QED) is 0.454. The molecule has 4 N–H and O–H groups in total. The van der Waals surface area contributed by atoms with Gasteiger partial charge in [-0.25, -0.2) is 4.79 Å². The predicted molar refractivity (Wildman–Crippen MR) is 146 cm³/mol. The molecule has 4 rings (SSSR count). The maximum Gasteiger partial charge on any atom is 0.356 e. The van der Waals surface area contributed by atoms with Crippen molar-refractivity contribution in [1.29, 1.82) is 0 Å². The summed E-state index contributed by atoms with van der Waals surface area (Å²) in [6.07, 6.45) is 4.24. The van der Waals surface area contributed by atoms with Crippen molar-refractivity contribution in [2.75, 3.05) is 25.9 Å². The van der Waals surface area contributed by atoms with E-state index in [9.17, 15) is 18.0 Å². The van der Waals surface area contributed by atoms with Crippen LogP contribution in [0.4, 0.5) is 5.69 Å². The number of aryl methyl sites for hydroxylation is 1. The predicted octanol–water partition coefficient (Wildman–Crippen LogP) is 2.36. The van der Waals surface area contributed by atoms with Gasteiger partial charge in [0.1, 0.15) is 12.6 Å². The minimum Gasteiger partial charge on any atom is -0.339 e. The normalized spacial score (nSPS) is 21.8. The number of benzene rings is 2. The molecule has 8 nitrogen and oxygen atoms in total. The van der Waals surface area contributed by atoms with Gasteiger partial charge in [-0.15, -0.1) is 3.89 Å². The Morgan fingerprint density at radius 1 is 1.08 bits per heavy atom. The van der Waals surface area contributed by atoms with Gasteiger partial charge in [-0.2, -0.15) is 8.42 Å². The Balaban J connectivity index is 1.75. The lowest BCUT2D eigenvalue weighted by molar-refractivity contribution is -0.134. The lowest BCUT2D eigenvalue weighted by Gasteiger charge is -2.37. The van der Waals surface area contributed by atoms with Crippen LogP contribution in [0.5, 0.6) is 0 Å². The minimum atomic E-state index is -3.96. The average molecular weight is 528 g/mol. The highest BCUT2D eigenvalue weighted by Gasteiger charge is 2.63. The lowest BCUT2D eigenvalue weighted by atomic mass is 9.75. The zero-order valence-corrected chi connectivity index (χ0v) is 22.8. The van der Waals surface area contributed by atoms with Gasteiger partial charge in [0.2, 0.25) is 5.91 Å².